The number of hydrogen-bond acceptors (Lipinski definition) is 4. The summed E-state index contributed by atoms with van der Waals surface area (Å²) in [6, 6.07) is 21.2. The number of unbranched alkanes of at least 4 members (excludes halogenated alkanes) is 1. The Morgan fingerprint density at radius 2 is 1.77 bits per heavy atom. The third-order valence-electron chi connectivity index (χ3n) is 7.19. The second-order valence-electron chi connectivity index (χ2n) is 10.2. The van der Waals surface area contributed by atoms with Gasteiger partial charge in [0.2, 0.25) is 0 Å². The highest BCUT2D eigenvalue weighted by atomic mass is 16.5. The molecule has 202 valence electrons. The van der Waals surface area contributed by atoms with Gasteiger partial charge in [-0.1, -0.05) is 66.6 Å². The highest BCUT2D eigenvalue weighted by Crippen LogP contribution is 2.25. The Balaban J connectivity index is 1.25. The maximum absolute atomic E-state index is 9.02. The number of nitrogens with one attached hydrogen (secondary N) is 1. The zero-order chi connectivity index (χ0) is 27.3. The summed E-state index contributed by atoms with van der Waals surface area (Å²) in [5.74, 6) is 0.938. The minimum atomic E-state index is -0.0270. The molecular weight excluding hydrogens is 480 g/mol. The maximum atomic E-state index is 9.02. The van der Waals surface area contributed by atoms with Crippen LogP contribution >= 0.6 is 0 Å². The van der Waals surface area contributed by atoms with Crippen molar-refractivity contribution in [3.05, 3.63) is 125 Å². The predicted octanol–water partition coefficient (Wildman–Crippen LogP) is 7.66. The fourth-order valence-electron chi connectivity index (χ4n) is 4.90. The third kappa shape index (κ3) is 9.12. The van der Waals surface area contributed by atoms with E-state index in [9.17, 15) is 0 Å². The summed E-state index contributed by atoms with van der Waals surface area (Å²) in [5, 5.41) is 17.1. The molecule has 0 bridgehead atoms. The molecule has 1 aliphatic carbocycles. The van der Waals surface area contributed by atoms with Crippen LogP contribution in [0.25, 0.3) is 0 Å². The van der Waals surface area contributed by atoms with Crippen molar-refractivity contribution >= 4 is 0 Å². The summed E-state index contributed by atoms with van der Waals surface area (Å²) in [6.45, 7) is 2.98. The fraction of sp³-hybridized carbons (Fsp3) is 0.353. The number of rotatable bonds is 13. The Morgan fingerprint density at radius 3 is 2.51 bits per heavy atom. The fourth-order valence-corrected chi connectivity index (χ4v) is 4.90. The van der Waals surface area contributed by atoms with Crippen LogP contribution in [-0.4, -0.2) is 16.3 Å². The zero-order valence-corrected chi connectivity index (χ0v) is 23.2. The SMILES string of the molecule is C[C@@H](OC1=C/CC/C=C(CCCCC(NCCc2ccc(C#N)cc2)c2ccccc2)/C=C\1)c1cnn(C)c1. The molecule has 2 aromatic carbocycles. The van der Waals surface area contributed by atoms with Crippen LogP contribution < -0.4 is 5.32 Å². The van der Waals surface area contributed by atoms with Crippen LogP contribution in [0.15, 0.2) is 103 Å². The second-order valence-corrected chi connectivity index (χ2v) is 10.2. The van der Waals surface area contributed by atoms with E-state index in [0.717, 1.165) is 62.8 Å². The second kappa shape index (κ2) is 14.9. The molecule has 1 N–H and O–H groups in total. The molecular formula is C34H40N4O. The molecule has 5 heteroatoms. The van der Waals surface area contributed by atoms with Gasteiger partial charge in [-0.05, 0) is 87.4 Å². The smallest absolute Gasteiger partial charge is 0.124 e. The van der Waals surface area contributed by atoms with Crippen molar-refractivity contribution in [2.75, 3.05) is 6.54 Å². The highest BCUT2D eigenvalue weighted by molar-refractivity contribution is 5.32. The van der Waals surface area contributed by atoms with Crippen molar-refractivity contribution in [2.24, 2.45) is 7.05 Å². The van der Waals surface area contributed by atoms with Crippen LogP contribution in [0, 0.1) is 11.3 Å². The molecule has 4 rings (SSSR count). The predicted molar refractivity (Wildman–Crippen MR) is 158 cm³/mol. The first kappa shape index (κ1) is 28.1. The van der Waals surface area contributed by atoms with E-state index in [4.69, 9.17) is 10.00 Å². The molecule has 2 atom stereocenters. The summed E-state index contributed by atoms with van der Waals surface area (Å²) in [7, 11) is 1.93. The summed E-state index contributed by atoms with van der Waals surface area (Å²) >= 11 is 0. The topological polar surface area (TPSA) is 62.9 Å². The standard InChI is InChI=1S/C34H40N4O/c1-27(32-25-37-38(2)26-32)39-33-14-8-6-10-28(20-21-33)11-7-9-15-34(31-12-4-3-5-13-31)36-23-22-29-16-18-30(24-35)19-17-29/h3-5,10,12-14,16-21,25-27,34,36H,6-9,11,15,22-23H2,1-2H3/b21-20-,28-10+,33-14+/t27-,34?/m1/s1. The molecule has 0 fully saturated rings. The summed E-state index contributed by atoms with van der Waals surface area (Å²) in [6.07, 6.45) is 20.2. The van der Waals surface area contributed by atoms with Gasteiger partial charge in [0, 0.05) is 24.8 Å². The lowest BCUT2D eigenvalue weighted by molar-refractivity contribution is 0.142. The highest BCUT2D eigenvalue weighted by Gasteiger charge is 2.12. The van der Waals surface area contributed by atoms with Crippen LogP contribution in [0.3, 0.4) is 0 Å². The van der Waals surface area contributed by atoms with Crippen molar-refractivity contribution in [1.29, 1.82) is 5.26 Å². The maximum Gasteiger partial charge on any atom is 0.124 e. The van der Waals surface area contributed by atoms with Crippen molar-refractivity contribution in [2.45, 2.75) is 64.0 Å². The van der Waals surface area contributed by atoms with Crippen molar-refractivity contribution < 1.29 is 4.74 Å². The lowest BCUT2D eigenvalue weighted by atomic mass is 9.97. The Kier molecular flexibility index (Phi) is 10.7. The van der Waals surface area contributed by atoms with Crippen molar-refractivity contribution in [3.63, 3.8) is 0 Å². The van der Waals surface area contributed by atoms with Gasteiger partial charge in [0.25, 0.3) is 0 Å². The summed E-state index contributed by atoms with van der Waals surface area (Å²) < 4.78 is 8.04. The largest absolute Gasteiger partial charge is 0.486 e. The molecule has 0 saturated carbocycles. The number of aryl methyl sites for hydroxylation is 1. The van der Waals surface area contributed by atoms with Gasteiger partial charge in [-0.15, -0.1) is 0 Å². The Morgan fingerprint density at radius 1 is 0.974 bits per heavy atom. The Bertz CT molecular complexity index is 1290. The van der Waals surface area contributed by atoms with Gasteiger partial charge in [-0.25, -0.2) is 0 Å². The molecule has 0 radical (unpaired) electrons. The van der Waals surface area contributed by atoms with E-state index >= 15 is 0 Å². The lowest BCUT2D eigenvalue weighted by Crippen LogP contribution is -2.23. The van der Waals surface area contributed by atoms with Gasteiger partial charge in [0.05, 0.1) is 17.8 Å². The number of hydrogen-bond donors (Lipinski definition) is 1. The number of ether oxygens (including phenoxy) is 1. The molecule has 0 saturated heterocycles. The molecule has 1 unspecified atom stereocenters. The van der Waals surface area contributed by atoms with Gasteiger partial charge in [0.15, 0.2) is 0 Å². The molecule has 0 aliphatic heterocycles. The molecule has 1 heterocycles. The van der Waals surface area contributed by atoms with Gasteiger partial charge < -0.3 is 10.1 Å². The molecule has 3 aromatic rings. The van der Waals surface area contributed by atoms with Crippen LogP contribution in [-0.2, 0) is 18.2 Å². The number of nitriles is 1. The normalized spacial score (nSPS) is 18.4. The molecule has 0 spiro atoms. The van der Waals surface area contributed by atoms with Gasteiger partial charge in [0.1, 0.15) is 11.9 Å². The molecule has 1 aromatic heterocycles. The Hall–Kier alpha value is -3.88. The lowest BCUT2D eigenvalue weighted by Gasteiger charge is -2.20. The monoisotopic (exact) mass is 520 g/mol. The molecule has 5 nitrogen and oxygen atoms in total. The van der Waals surface area contributed by atoms with Crippen LogP contribution in [0.5, 0.6) is 0 Å². The van der Waals surface area contributed by atoms with E-state index in [2.05, 4.69) is 90.2 Å². The summed E-state index contributed by atoms with van der Waals surface area (Å²) in [4.78, 5) is 0. The van der Waals surface area contributed by atoms with E-state index in [1.54, 1.807) is 0 Å². The average Bonchev–Trinajstić information content (AvgIpc) is 3.40. The summed E-state index contributed by atoms with van der Waals surface area (Å²) in [5.41, 5.74) is 5.79. The van der Waals surface area contributed by atoms with Gasteiger partial charge in [-0.2, -0.15) is 10.4 Å². The van der Waals surface area contributed by atoms with Crippen molar-refractivity contribution in [1.82, 2.24) is 15.1 Å². The number of benzene rings is 2. The van der Waals surface area contributed by atoms with E-state index in [0.29, 0.717) is 11.6 Å². The number of aromatic nitrogens is 2. The van der Waals surface area contributed by atoms with Crippen LogP contribution in [0.1, 0.15) is 79.8 Å². The Labute approximate surface area is 233 Å². The first-order valence-corrected chi connectivity index (χ1v) is 14.1. The van der Waals surface area contributed by atoms with E-state index in [-0.39, 0.29) is 6.10 Å². The number of nitrogens with zero attached hydrogens (tertiary/aromatic N) is 3. The first-order chi connectivity index (χ1) is 19.1. The van der Waals surface area contributed by atoms with Gasteiger partial charge in [-0.3, -0.25) is 4.68 Å². The van der Waals surface area contributed by atoms with E-state index < -0.39 is 0 Å². The van der Waals surface area contributed by atoms with Crippen molar-refractivity contribution in [3.8, 4) is 6.07 Å². The molecule has 39 heavy (non-hydrogen) atoms. The number of allylic oxidation sites excluding steroid dienone is 5. The average molecular weight is 521 g/mol. The zero-order valence-electron chi connectivity index (χ0n) is 23.2. The minimum Gasteiger partial charge on any atom is -0.486 e. The van der Waals surface area contributed by atoms with Crippen LogP contribution in [0.4, 0.5) is 0 Å². The third-order valence-corrected chi connectivity index (χ3v) is 7.19. The van der Waals surface area contributed by atoms with E-state index in [1.807, 2.05) is 36.3 Å². The minimum absolute atomic E-state index is 0.0270. The molecule has 0 amide bonds. The van der Waals surface area contributed by atoms with Gasteiger partial charge >= 0.3 is 0 Å². The van der Waals surface area contributed by atoms with E-state index in [1.165, 1.54) is 16.7 Å². The quantitative estimate of drug-likeness (QED) is 0.235. The molecule has 1 aliphatic rings. The van der Waals surface area contributed by atoms with Crippen LogP contribution in [0.2, 0.25) is 0 Å². The first-order valence-electron chi connectivity index (χ1n) is 14.1.